The summed E-state index contributed by atoms with van der Waals surface area (Å²) in [5, 5.41) is 3.83. The first-order valence-electron chi connectivity index (χ1n) is 7.59. The SMILES string of the molecule is C=CC(=O)Nc1cccc(-c2ccc(CN)c3[nH]ccc23)c1OC. The highest BCUT2D eigenvalue weighted by Crippen LogP contribution is 2.40. The van der Waals surface area contributed by atoms with Gasteiger partial charge in [0.05, 0.1) is 18.3 Å². The van der Waals surface area contributed by atoms with Gasteiger partial charge in [-0.05, 0) is 29.3 Å². The Morgan fingerprint density at radius 3 is 2.83 bits per heavy atom. The molecule has 0 aliphatic heterocycles. The lowest BCUT2D eigenvalue weighted by molar-refractivity contribution is -0.111. The van der Waals surface area contributed by atoms with Gasteiger partial charge < -0.3 is 20.8 Å². The van der Waals surface area contributed by atoms with Crippen molar-refractivity contribution in [1.29, 1.82) is 0 Å². The van der Waals surface area contributed by atoms with E-state index >= 15 is 0 Å². The minimum absolute atomic E-state index is 0.282. The minimum Gasteiger partial charge on any atom is -0.494 e. The van der Waals surface area contributed by atoms with E-state index in [4.69, 9.17) is 10.5 Å². The van der Waals surface area contributed by atoms with Crippen LogP contribution in [0.2, 0.25) is 0 Å². The van der Waals surface area contributed by atoms with Crippen LogP contribution >= 0.6 is 0 Å². The zero-order valence-corrected chi connectivity index (χ0v) is 13.4. The number of carbonyl (C=O) groups is 1. The van der Waals surface area contributed by atoms with Gasteiger partial charge in [-0.3, -0.25) is 4.79 Å². The number of ether oxygens (including phenoxy) is 1. The molecular weight excluding hydrogens is 302 g/mol. The Kier molecular flexibility index (Phi) is 4.35. The second-order valence-electron chi connectivity index (χ2n) is 5.32. The number of methoxy groups -OCH3 is 1. The summed E-state index contributed by atoms with van der Waals surface area (Å²) in [6.07, 6.45) is 3.12. The maximum Gasteiger partial charge on any atom is 0.247 e. The number of aromatic amines is 1. The summed E-state index contributed by atoms with van der Waals surface area (Å²) in [5.74, 6) is 0.325. The molecule has 0 aliphatic carbocycles. The van der Waals surface area contributed by atoms with Gasteiger partial charge in [0.15, 0.2) is 0 Å². The van der Waals surface area contributed by atoms with Crippen LogP contribution in [0.5, 0.6) is 5.75 Å². The normalized spacial score (nSPS) is 10.6. The van der Waals surface area contributed by atoms with Gasteiger partial charge in [-0.1, -0.05) is 30.8 Å². The Bertz CT molecular complexity index is 912. The van der Waals surface area contributed by atoms with Crippen LogP contribution in [0.25, 0.3) is 22.0 Å². The standard InChI is InChI=1S/C19H19N3O2/c1-3-17(23)22-16-6-4-5-15(19(16)24-2)13-8-7-12(11-20)18-14(13)9-10-21-18/h3-10,21H,1,11,20H2,2H3,(H,22,23). The molecule has 122 valence electrons. The third-order valence-electron chi connectivity index (χ3n) is 3.98. The summed E-state index contributed by atoms with van der Waals surface area (Å²) < 4.78 is 5.57. The van der Waals surface area contributed by atoms with Crippen LogP contribution < -0.4 is 15.8 Å². The fourth-order valence-corrected chi connectivity index (χ4v) is 2.87. The number of carbonyl (C=O) groups excluding carboxylic acids is 1. The lowest BCUT2D eigenvalue weighted by atomic mass is 9.97. The van der Waals surface area contributed by atoms with Crippen LogP contribution in [-0.2, 0) is 11.3 Å². The second-order valence-corrected chi connectivity index (χ2v) is 5.32. The Hall–Kier alpha value is -3.05. The Labute approximate surface area is 140 Å². The Morgan fingerprint density at radius 1 is 1.29 bits per heavy atom. The van der Waals surface area contributed by atoms with E-state index in [0.29, 0.717) is 18.0 Å². The highest BCUT2D eigenvalue weighted by atomic mass is 16.5. The molecule has 0 unspecified atom stereocenters. The van der Waals surface area contributed by atoms with Crippen molar-refractivity contribution in [3.8, 4) is 16.9 Å². The molecule has 0 saturated carbocycles. The molecule has 0 saturated heterocycles. The molecule has 5 heteroatoms. The average molecular weight is 321 g/mol. The maximum atomic E-state index is 11.6. The second kappa shape index (κ2) is 6.60. The zero-order valence-electron chi connectivity index (χ0n) is 13.4. The van der Waals surface area contributed by atoms with E-state index in [1.54, 1.807) is 13.2 Å². The summed E-state index contributed by atoms with van der Waals surface area (Å²) >= 11 is 0. The van der Waals surface area contributed by atoms with E-state index in [9.17, 15) is 4.79 Å². The smallest absolute Gasteiger partial charge is 0.247 e. The van der Waals surface area contributed by atoms with E-state index in [-0.39, 0.29) is 5.91 Å². The average Bonchev–Trinajstić information content (AvgIpc) is 3.10. The number of aromatic nitrogens is 1. The van der Waals surface area contributed by atoms with Crippen molar-refractivity contribution in [2.75, 3.05) is 12.4 Å². The summed E-state index contributed by atoms with van der Waals surface area (Å²) in [6, 6.07) is 11.7. The Morgan fingerprint density at radius 2 is 2.12 bits per heavy atom. The molecule has 0 bridgehead atoms. The largest absolute Gasteiger partial charge is 0.494 e. The summed E-state index contributed by atoms with van der Waals surface area (Å²) in [5.41, 5.74) is 10.4. The highest BCUT2D eigenvalue weighted by Gasteiger charge is 2.15. The Balaban J connectivity index is 2.20. The van der Waals surface area contributed by atoms with Crippen LogP contribution in [-0.4, -0.2) is 18.0 Å². The monoisotopic (exact) mass is 321 g/mol. The maximum absolute atomic E-state index is 11.6. The van der Waals surface area contributed by atoms with Gasteiger partial charge in [-0.25, -0.2) is 0 Å². The number of nitrogens with one attached hydrogen (secondary N) is 2. The quantitative estimate of drug-likeness (QED) is 0.630. The number of fused-ring (bicyclic) bond motifs is 1. The number of H-pyrrole nitrogens is 1. The van der Waals surface area contributed by atoms with Gasteiger partial charge in [0.1, 0.15) is 5.75 Å². The van der Waals surface area contributed by atoms with Crippen molar-refractivity contribution in [1.82, 2.24) is 4.98 Å². The molecule has 1 heterocycles. The molecule has 0 spiro atoms. The molecule has 5 nitrogen and oxygen atoms in total. The van der Waals surface area contributed by atoms with Gasteiger partial charge in [0.2, 0.25) is 5.91 Å². The number of benzene rings is 2. The van der Waals surface area contributed by atoms with Crippen molar-refractivity contribution in [2.24, 2.45) is 5.73 Å². The number of rotatable bonds is 5. The first-order valence-corrected chi connectivity index (χ1v) is 7.59. The van der Waals surface area contributed by atoms with Gasteiger partial charge in [0.25, 0.3) is 0 Å². The fourth-order valence-electron chi connectivity index (χ4n) is 2.87. The van der Waals surface area contributed by atoms with Gasteiger partial charge in [-0.15, -0.1) is 0 Å². The molecule has 24 heavy (non-hydrogen) atoms. The highest BCUT2D eigenvalue weighted by molar-refractivity contribution is 6.03. The van der Waals surface area contributed by atoms with Crippen molar-refractivity contribution in [2.45, 2.75) is 6.54 Å². The number of para-hydroxylation sites is 1. The molecule has 0 radical (unpaired) electrons. The summed E-state index contributed by atoms with van der Waals surface area (Å²) in [6.45, 7) is 3.94. The van der Waals surface area contributed by atoms with E-state index in [2.05, 4.69) is 16.9 Å². The van der Waals surface area contributed by atoms with Crippen LogP contribution in [0.15, 0.2) is 55.3 Å². The van der Waals surface area contributed by atoms with E-state index in [1.807, 2.05) is 36.5 Å². The van der Waals surface area contributed by atoms with Crippen molar-refractivity contribution in [3.05, 3.63) is 60.8 Å². The molecule has 0 fully saturated rings. The number of nitrogens with two attached hydrogens (primary N) is 1. The molecule has 2 aromatic carbocycles. The molecule has 0 aliphatic rings. The molecule has 3 rings (SSSR count). The van der Waals surface area contributed by atoms with Crippen LogP contribution in [0, 0.1) is 0 Å². The molecule has 4 N–H and O–H groups in total. The molecule has 1 aromatic heterocycles. The van der Waals surface area contributed by atoms with Crippen molar-refractivity contribution < 1.29 is 9.53 Å². The van der Waals surface area contributed by atoms with E-state index in [1.165, 1.54) is 6.08 Å². The summed E-state index contributed by atoms with van der Waals surface area (Å²) in [4.78, 5) is 14.9. The lowest BCUT2D eigenvalue weighted by Gasteiger charge is -2.15. The third kappa shape index (κ3) is 2.66. The topological polar surface area (TPSA) is 80.1 Å². The molecule has 1 amide bonds. The molecule has 0 atom stereocenters. The van der Waals surface area contributed by atoms with Gasteiger partial charge in [0, 0.05) is 23.7 Å². The van der Waals surface area contributed by atoms with E-state index in [0.717, 1.165) is 27.6 Å². The third-order valence-corrected chi connectivity index (χ3v) is 3.98. The van der Waals surface area contributed by atoms with Crippen LogP contribution in [0.3, 0.4) is 0 Å². The first kappa shape index (κ1) is 15.8. The van der Waals surface area contributed by atoms with Crippen LogP contribution in [0.4, 0.5) is 5.69 Å². The van der Waals surface area contributed by atoms with E-state index < -0.39 is 0 Å². The van der Waals surface area contributed by atoms with Gasteiger partial charge >= 0.3 is 0 Å². The van der Waals surface area contributed by atoms with Crippen molar-refractivity contribution >= 4 is 22.5 Å². The molecule has 3 aromatic rings. The van der Waals surface area contributed by atoms with Crippen LogP contribution in [0.1, 0.15) is 5.56 Å². The number of hydrogen-bond donors (Lipinski definition) is 3. The number of amides is 1. The predicted octanol–water partition coefficient (Wildman–Crippen LogP) is 3.43. The number of anilines is 1. The predicted molar refractivity (Wildman–Crippen MR) is 97.0 cm³/mol. The zero-order chi connectivity index (χ0) is 17.1. The fraction of sp³-hybridized carbons (Fsp3) is 0.105. The van der Waals surface area contributed by atoms with Gasteiger partial charge in [-0.2, -0.15) is 0 Å². The lowest BCUT2D eigenvalue weighted by Crippen LogP contribution is -2.08. The first-order chi connectivity index (χ1) is 11.7. The number of hydrogen-bond acceptors (Lipinski definition) is 3. The molecular formula is C19H19N3O2. The summed E-state index contributed by atoms with van der Waals surface area (Å²) in [7, 11) is 1.59. The minimum atomic E-state index is -0.282. The van der Waals surface area contributed by atoms with Crippen molar-refractivity contribution in [3.63, 3.8) is 0 Å².